The Morgan fingerprint density at radius 3 is 2.76 bits per heavy atom. The van der Waals surface area contributed by atoms with Crippen molar-refractivity contribution in [1.82, 2.24) is 14.7 Å². The van der Waals surface area contributed by atoms with Crippen LogP contribution in [0.4, 0.5) is 5.69 Å². The summed E-state index contributed by atoms with van der Waals surface area (Å²) in [5, 5.41) is 17.2. The fourth-order valence-corrected chi connectivity index (χ4v) is 3.59. The number of nitrogens with one attached hydrogen (secondary N) is 1. The van der Waals surface area contributed by atoms with Gasteiger partial charge in [-0.1, -0.05) is 19.1 Å². The normalized spacial score (nSPS) is 17.6. The van der Waals surface area contributed by atoms with Crippen LogP contribution in [0.15, 0.2) is 36.7 Å². The average molecular weight is 342 g/mol. The SMILES string of the molecule is CCC(Nc1cccc(CN2CCC(CO)CC2)c1)c1cnn(C)c1. The number of aryl methyl sites for hydroxylation is 1. The summed E-state index contributed by atoms with van der Waals surface area (Å²) in [6, 6.07) is 9.02. The lowest BCUT2D eigenvalue weighted by molar-refractivity contribution is 0.127. The van der Waals surface area contributed by atoms with E-state index in [-0.39, 0.29) is 6.04 Å². The number of rotatable bonds is 7. The second-order valence-corrected chi connectivity index (χ2v) is 7.15. The van der Waals surface area contributed by atoms with E-state index >= 15 is 0 Å². The zero-order valence-electron chi connectivity index (χ0n) is 15.4. The molecular formula is C20H30N4O. The van der Waals surface area contributed by atoms with Crippen LogP contribution in [0.2, 0.25) is 0 Å². The first-order valence-electron chi connectivity index (χ1n) is 9.35. The molecule has 0 saturated carbocycles. The maximum absolute atomic E-state index is 9.27. The molecule has 1 aromatic carbocycles. The van der Waals surface area contributed by atoms with Crippen molar-refractivity contribution in [2.75, 3.05) is 25.0 Å². The summed E-state index contributed by atoms with van der Waals surface area (Å²) in [5.74, 6) is 0.494. The highest BCUT2D eigenvalue weighted by atomic mass is 16.3. The lowest BCUT2D eigenvalue weighted by atomic mass is 9.97. The van der Waals surface area contributed by atoms with Crippen molar-refractivity contribution in [3.8, 4) is 0 Å². The van der Waals surface area contributed by atoms with Gasteiger partial charge in [-0.25, -0.2) is 0 Å². The minimum atomic E-state index is 0.282. The molecule has 5 nitrogen and oxygen atoms in total. The van der Waals surface area contributed by atoms with Crippen LogP contribution in [0.5, 0.6) is 0 Å². The first-order chi connectivity index (χ1) is 12.2. The molecule has 1 aliphatic heterocycles. The Bertz CT molecular complexity index is 661. The summed E-state index contributed by atoms with van der Waals surface area (Å²) >= 11 is 0. The van der Waals surface area contributed by atoms with Crippen molar-refractivity contribution >= 4 is 5.69 Å². The molecule has 2 aromatic rings. The number of nitrogens with zero attached hydrogens (tertiary/aromatic N) is 3. The third-order valence-electron chi connectivity index (χ3n) is 5.17. The number of hydrogen-bond acceptors (Lipinski definition) is 4. The average Bonchev–Trinajstić information content (AvgIpc) is 3.07. The molecule has 1 aromatic heterocycles. The Balaban J connectivity index is 1.61. The van der Waals surface area contributed by atoms with Crippen LogP contribution in [-0.4, -0.2) is 39.5 Å². The Morgan fingerprint density at radius 1 is 1.32 bits per heavy atom. The Hall–Kier alpha value is -1.85. The van der Waals surface area contributed by atoms with Crippen LogP contribution in [0.25, 0.3) is 0 Å². The molecule has 1 aliphatic rings. The van der Waals surface area contributed by atoms with E-state index in [1.807, 2.05) is 17.9 Å². The molecule has 3 rings (SSSR count). The molecule has 0 aliphatic carbocycles. The molecular weight excluding hydrogens is 312 g/mol. The van der Waals surface area contributed by atoms with Gasteiger partial charge in [0.15, 0.2) is 0 Å². The lowest BCUT2D eigenvalue weighted by Crippen LogP contribution is -2.34. The molecule has 0 bridgehead atoms. The van der Waals surface area contributed by atoms with E-state index in [0.717, 1.165) is 38.9 Å². The summed E-state index contributed by atoms with van der Waals surface area (Å²) in [6.45, 7) is 5.67. The summed E-state index contributed by atoms with van der Waals surface area (Å²) < 4.78 is 1.85. The molecule has 1 atom stereocenters. The number of piperidine rings is 1. The van der Waals surface area contributed by atoms with Gasteiger partial charge in [0.25, 0.3) is 0 Å². The van der Waals surface area contributed by atoms with Crippen molar-refractivity contribution in [2.24, 2.45) is 13.0 Å². The van der Waals surface area contributed by atoms with Crippen molar-refractivity contribution in [3.63, 3.8) is 0 Å². The zero-order valence-corrected chi connectivity index (χ0v) is 15.4. The predicted octanol–water partition coefficient (Wildman–Crippen LogP) is 3.19. The molecule has 1 unspecified atom stereocenters. The van der Waals surface area contributed by atoms with Crippen LogP contribution < -0.4 is 5.32 Å². The summed E-state index contributed by atoms with van der Waals surface area (Å²) in [4.78, 5) is 2.49. The minimum Gasteiger partial charge on any atom is -0.396 e. The number of aliphatic hydroxyl groups is 1. The highest BCUT2D eigenvalue weighted by Gasteiger charge is 2.18. The van der Waals surface area contributed by atoms with E-state index in [2.05, 4.69) is 52.7 Å². The fourth-order valence-electron chi connectivity index (χ4n) is 3.59. The van der Waals surface area contributed by atoms with Crippen LogP contribution in [-0.2, 0) is 13.6 Å². The molecule has 5 heteroatoms. The smallest absolute Gasteiger partial charge is 0.0542 e. The Morgan fingerprint density at radius 2 is 2.12 bits per heavy atom. The monoisotopic (exact) mass is 342 g/mol. The topological polar surface area (TPSA) is 53.3 Å². The van der Waals surface area contributed by atoms with Gasteiger partial charge in [-0.05, 0) is 56.0 Å². The highest BCUT2D eigenvalue weighted by Crippen LogP contribution is 2.24. The summed E-state index contributed by atoms with van der Waals surface area (Å²) in [7, 11) is 1.96. The number of likely N-dealkylation sites (tertiary alicyclic amines) is 1. The molecule has 2 N–H and O–H groups in total. The van der Waals surface area contributed by atoms with E-state index in [9.17, 15) is 5.11 Å². The van der Waals surface area contributed by atoms with Gasteiger partial charge in [-0.3, -0.25) is 9.58 Å². The number of anilines is 1. The third-order valence-corrected chi connectivity index (χ3v) is 5.17. The first-order valence-corrected chi connectivity index (χ1v) is 9.35. The molecule has 2 heterocycles. The molecule has 0 spiro atoms. The third kappa shape index (κ3) is 4.83. The Labute approximate surface area is 150 Å². The van der Waals surface area contributed by atoms with Gasteiger partial charge in [-0.15, -0.1) is 0 Å². The zero-order chi connectivity index (χ0) is 17.6. The fraction of sp³-hybridized carbons (Fsp3) is 0.550. The largest absolute Gasteiger partial charge is 0.396 e. The molecule has 0 amide bonds. The molecule has 25 heavy (non-hydrogen) atoms. The van der Waals surface area contributed by atoms with Crippen LogP contribution in [0.1, 0.15) is 43.4 Å². The number of benzene rings is 1. The van der Waals surface area contributed by atoms with Gasteiger partial charge in [-0.2, -0.15) is 5.10 Å². The lowest BCUT2D eigenvalue weighted by Gasteiger charge is -2.31. The quantitative estimate of drug-likeness (QED) is 0.811. The van der Waals surface area contributed by atoms with Crippen molar-refractivity contribution in [3.05, 3.63) is 47.8 Å². The number of hydrogen-bond donors (Lipinski definition) is 2. The number of aliphatic hydroxyl groups excluding tert-OH is 1. The van der Waals surface area contributed by atoms with E-state index in [0.29, 0.717) is 12.5 Å². The maximum atomic E-state index is 9.27. The summed E-state index contributed by atoms with van der Waals surface area (Å²) in [6.07, 6.45) is 7.25. The highest BCUT2D eigenvalue weighted by molar-refractivity contribution is 5.47. The van der Waals surface area contributed by atoms with E-state index in [1.165, 1.54) is 16.8 Å². The van der Waals surface area contributed by atoms with Crippen LogP contribution in [0, 0.1) is 5.92 Å². The van der Waals surface area contributed by atoms with Gasteiger partial charge in [0.05, 0.1) is 12.2 Å². The van der Waals surface area contributed by atoms with E-state index in [4.69, 9.17) is 0 Å². The van der Waals surface area contributed by atoms with E-state index in [1.54, 1.807) is 0 Å². The van der Waals surface area contributed by atoms with Gasteiger partial charge in [0, 0.05) is 37.6 Å². The van der Waals surface area contributed by atoms with Crippen molar-refractivity contribution < 1.29 is 5.11 Å². The predicted molar refractivity (Wildman–Crippen MR) is 101 cm³/mol. The standard InChI is InChI=1S/C20H30N4O/c1-3-20(18-12-21-23(2)14-18)22-19-6-4-5-17(11-19)13-24-9-7-16(15-25)8-10-24/h4-6,11-12,14,16,20,22,25H,3,7-10,13,15H2,1-2H3. The van der Waals surface area contributed by atoms with Gasteiger partial charge < -0.3 is 10.4 Å². The van der Waals surface area contributed by atoms with Gasteiger partial charge >= 0.3 is 0 Å². The minimum absolute atomic E-state index is 0.282. The van der Waals surface area contributed by atoms with Crippen molar-refractivity contribution in [1.29, 1.82) is 0 Å². The van der Waals surface area contributed by atoms with Crippen LogP contribution >= 0.6 is 0 Å². The van der Waals surface area contributed by atoms with Gasteiger partial charge in [0.2, 0.25) is 0 Å². The maximum Gasteiger partial charge on any atom is 0.0542 e. The first kappa shape index (κ1) is 18.0. The second-order valence-electron chi connectivity index (χ2n) is 7.15. The Kier molecular flexibility index (Phi) is 6.10. The van der Waals surface area contributed by atoms with Gasteiger partial charge in [0.1, 0.15) is 0 Å². The molecule has 136 valence electrons. The second kappa shape index (κ2) is 8.50. The summed E-state index contributed by atoms with van der Waals surface area (Å²) in [5.41, 5.74) is 3.73. The van der Waals surface area contributed by atoms with E-state index < -0.39 is 0 Å². The van der Waals surface area contributed by atoms with Crippen molar-refractivity contribution in [2.45, 2.75) is 38.8 Å². The van der Waals surface area contributed by atoms with Crippen LogP contribution in [0.3, 0.4) is 0 Å². The number of aromatic nitrogens is 2. The molecule has 1 fully saturated rings. The molecule has 0 radical (unpaired) electrons. The molecule has 1 saturated heterocycles.